The van der Waals surface area contributed by atoms with Crippen LogP contribution in [0.1, 0.15) is 31.2 Å². The standard InChI is InChI=1S/C15H20ClN3O/c1-20-14-7-6-13(15(16)19-14)12(8-17)10-18-9-11-4-2-3-5-11/h6-8,10-11,17-18H,2-5,9H2,1H3/b12-10+,17-8?. The maximum absolute atomic E-state index is 7.53. The van der Waals surface area contributed by atoms with E-state index in [1.165, 1.54) is 31.9 Å². The Labute approximate surface area is 124 Å². The van der Waals surface area contributed by atoms with E-state index >= 15 is 0 Å². The van der Waals surface area contributed by atoms with Crippen LogP contribution in [-0.4, -0.2) is 24.9 Å². The van der Waals surface area contributed by atoms with Gasteiger partial charge in [0.15, 0.2) is 0 Å². The Morgan fingerprint density at radius 2 is 2.25 bits per heavy atom. The summed E-state index contributed by atoms with van der Waals surface area (Å²) < 4.78 is 5.02. The summed E-state index contributed by atoms with van der Waals surface area (Å²) in [6, 6.07) is 3.57. The monoisotopic (exact) mass is 293 g/mol. The Morgan fingerprint density at radius 1 is 1.50 bits per heavy atom. The molecule has 0 aliphatic heterocycles. The van der Waals surface area contributed by atoms with Gasteiger partial charge in [0.05, 0.1) is 7.11 Å². The molecule has 0 radical (unpaired) electrons. The van der Waals surface area contributed by atoms with Crippen LogP contribution in [0.3, 0.4) is 0 Å². The quantitative estimate of drug-likeness (QED) is 0.623. The number of allylic oxidation sites excluding steroid dienone is 1. The molecule has 2 N–H and O–H groups in total. The number of ether oxygens (including phenoxy) is 1. The van der Waals surface area contributed by atoms with Gasteiger partial charge in [-0.15, -0.1) is 0 Å². The van der Waals surface area contributed by atoms with Crippen molar-refractivity contribution in [3.63, 3.8) is 0 Å². The summed E-state index contributed by atoms with van der Waals surface area (Å²) in [6.45, 7) is 0.957. The molecule has 1 aliphatic carbocycles. The smallest absolute Gasteiger partial charge is 0.214 e. The fourth-order valence-corrected chi connectivity index (χ4v) is 2.75. The minimum Gasteiger partial charge on any atom is -0.481 e. The summed E-state index contributed by atoms with van der Waals surface area (Å²) in [6.07, 6.45) is 8.40. The van der Waals surface area contributed by atoms with Crippen LogP contribution in [0.2, 0.25) is 5.15 Å². The molecule has 1 aliphatic rings. The van der Waals surface area contributed by atoms with Crippen LogP contribution in [-0.2, 0) is 0 Å². The van der Waals surface area contributed by atoms with E-state index in [2.05, 4.69) is 10.3 Å². The topological polar surface area (TPSA) is 58.0 Å². The van der Waals surface area contributed by atoms with Crippen molar-refractivity contribution in [3.05, 3.63) is 29.0 Å². The number of aromatic nitrogens is 1. The van der Waals surface area contributed by atoms with Crippen molar-refractivity contribution in [2.75, 3.05) is 13.7 Å². The van der Waals surface area contributed by atoms with Gasteiger partial charge in [-0.1, -0.05) is 24.4 Å². The molecule has 1 aromatic heterocycles. The van der Waals surface area contributed by atoms with Crippen LogP contribution in [0.4, 0.5) is 0 Å². The van der Waals surface area contributed by atoms with Gasteiger partial charge in [-0.05, 0) is 24.8 Å². The maximum Gasteiger partial charge on any atom is 0.214 e. The number of nitrogens with one attached hydrogen (secondary N) is 2. The molecule has 1 saturated carbocycles. The van der Waals surface area contributed by atoms with E-state index in [4.69, 9.17) is 21.7 Å². The number of hydrogen-bond donors (Lipinski definition) is 2. The second kappa shape index (κ2) is 7.29. The molecule has 0 amide bonds. The van der Waals surface area contributed by atoms with Gasteiger partial charge < -0.3 is 15.5 Å². The first kappa shape index (κ1) is 14.9. The fraction of sp³-hybridized carbons (Fsp3) is 0.467. The number of rotatable bonds is 6. The number of hydrogen-bond acceptors (Lipinski definition) is 4. The van der Waals surface area contributed by atoms with Gasteiger partial charge in [0.2, 0.25) is 5.88 Å². The first-order valence-electron chi connectivity index (χ1n) is 6.89. The van der Waals surface area contributed by atoms with Gasteiger partial charge in [-0.3, -0.25) is 0 Å². The Bertz CT molecular complexity index is 496. The molecule has 108 valence electrons. The predicted octanol–water partition coefficient (Wildman–Crippen LogP) is 3.51. The van der Waals surface area contributed by atoms with Crippen LogP contribution in [0.25, 0.3) is 5.57 Å². The second-order valence-electron chi connectivity index (χ2n) is 4.99. The Balaban J connectivity index is 2.04. The summed E-state index contributed by atoms with van der Waals surface area (Å²) in [7, 11) is 1.55. The van der Waals surface area contributed by atoms with Crippen molar-refractivity contribution >= 4 is 23.4 Å². The van der Waals surface area contributed by atoms with Crippen molar-refractivity contribution in [2.45, 2.75) is 25.7 Å². The summed E-state index contributed by atoms with van der Waals surface area (Å²) in [5, 5.41) is 11.2. The Morgan fingerprint density at radius 3 is 2.85 bits per heavy atom. The Kier molecular flexibility index (Phi) is 5.41. The maximum atomic E-state index is 7.53. The number of nitrogens with zero attached hydrogens (tertiary/aromatic N) is 1. The van der Waals surface area contributed by atoms with Crippen LogP contribution >= 0.6 is 11.6 Å². The lowest BCUT2D eigenvalue weighted by Crippen LogP contribution is -2.16. The van der Waals surface area contributed by atoms with Gasteiger partial charge >= 0.3 is 0 Å². The van der Waals surface area contributed by atoms with Gasteiger partial charge in [0.1, 0.15) is 5.15 Å². The van der Waals surface area contributed by atoms with Gasteiger partial charge in [0, 0.05) is 36.2 Å². The minimum atomic E-state index is 0.349. The molecule has 0 spiro atoms. The normalized spacial score (nSPS) is 16.2. The molecular formula is C15H20ClN3O. The average molecular weight is 294 g/mol. The Hall–Kier alpha value is -1.55. The molecule has 0 saturated heterocycles. The zero-order valence-corrected chi connectivity index (χ0v) is 12.4. The molecule has 0 atom stereocenters. The number of halogens is 1. The van der Waals surface area contributed by atoms with E-state index in [9.17, 15) is 0 Å². The van der Waals surface area contributed by atoms with Crippen LogP contribution in [0, 0.1) is 11.3 Å². The van der Waals surface area contributed by atoms with Crippen molar-refractivity contribution in [2.24, 2.45) is 5.92 Å². The van der Waals surface area contributed by atoms with E-state index in [-0.39, 0.29) is 0 Å². The molecule has 1 heterocycles. The zero-order valence-electron chi connectivity index (χ0n) is 11.7. The lowest BCUT2D eigenvalue weighted by atomic mass is 10.1. The number of methoxy groups -OCH3 is 1. The summed E-state index contributed by atoms with van der Waals surface area (Å²) in [5.74, 6) is 1.23. The molecule has 5 heteroatoms. The predicted molar refractivity (Wildman–Crippen MR) is 82.5 cm³/mol. The van der Waals surface area contributed by atoms with E-state index in [1.807, 2.05) is 12.3 Å². The highest BCUT2D eigenvalue weighted by atomic mass is 35.5. The highest BCUT2D eigenvalue weighted by Gasteiger charge is 2.14. The molecule has 0 unspecified atom stereocenters. The molecule has 1 aromatic rings. The first-order valence-corrected chi connectivity index (χ1v) is 7.27. The highest BCUT2D eigenvalue weighted by Crippen LogP contribution is 2.25. The molecule has 1 fully saturated rings. The minimum absolute atomic E-state index is 0.349. The third-order valence-corrected chi connectivity index (χ3v) is 3.93. The largest absolute Gasteiger partial charge is 0.481 e. The van der Waals surface area contributed by atoms with E-state index < -0.39 is 0 Å². The zero-order chi connectivity index (χ0) is 14.4. The summed E-state index contributed by atoms with van der Waals surface area (Å²) in [4.78, 5) is 4.12. The average Bonchev–Trinajstić information content (AvgIpc) is 2.97. The van der Waals surface area contributed by atoms with Crippen molar-refractivity contribution in [3.8, 4) is 5.88 Å². The summed E-state index contributed by atoms with van der Waals surface area (Å²) >= 11 is 6.12. The summed E-state index contributed by atoms with van der Waals surface area (Å²) in [5.41, 5.74) is 1.46. The van der Waals surface area contributed by atoms with E-state index in [1.54, 1.807) is 13.2 Å². The van der Waals surface area contributed by atoms with Crippen molar-refractivity contribution in [1.29, 1.82) is 5.41 Å². The lowest BCUT2D eigenvalue weighted by Gasteiger charge is -2.10. The highest BCUT2D eigenvalue weighted by molar-refractivity contribution is 6.32. The first-order chi connectivity index (χ1) is 9.74. The number of pyridine rings is 1. The van der Waals surface area contributed by atoms with Gasteiger partial charge in [-0.25, -0.2) is 4.98 Å². The van der Waals surface area contributed by atoms with Crippen molar-refractivity contribution < 1.29 is 4.74 Å². The molecular weight excluding hydrogens is 274 g/mol. The second-order valence-corrected chi connectivity index (χ2v) is 5.35. The van der Waals surface area contributed by atoms with Gasteiger partial charge in [0.25, 0.3) is 0 Å². The lowest BCUT2D eigenvalue weighted by molar-refractivity contribution is 0.398. The molecule has 0 aromatic carbocycles. The van der Waals surface area contributed by atoms with Crippen molar-refractivity contribution in [1.82, 2.24) is 10.3 Å². The van der Waals surface area contributed by atoms with Crippen LogP contribution < -0.4 is 10.1 Å². The fourth-order valence-electron chi connectivity index (χ4n) is 2.49. The van der Waals surface area contributed by atoms with Crippen LogP contribution in [0.15, 0.2) is 18.3 Å². The SMILES string of the molecule is COc1ccc(/C(C=N)=C/NCC2CCCC2)c(Cl)n1. The third kappa shape index (κ3) is 3.73. The van der Waals surface area contributed by atoms with E-state index in [0.717, 1.165) is 23.6 Å². The van der Waals surface area contributed by atoms with Crippen LogP contribution in [0.5, 0.6) is 5.88 Å². The van der Waals surface area contributed by atoms with Gasteiger partial charge in [-0.2, -0.15) is 0 Å². The molecule has 2 rings (SSSR count). The van der Waals surface area contributed by atoms with E-state index in [0.29, 0.717) is 11.0 Å². The third-order valence-electron chi connectivity index (χ3n) is 3.64. The molecule has 4 nitrogen and oxygen atoms in total. The molecule has 0 bridgehead atoms. The molecule has 20 heavy (non-hydrogen) atoms.